The van der Waals surface area contributed by atoms with Crippen molar-refractivity contribution in [2.24, 2.45) is 5.73 Å². The van der Waals surface area contributed by atoms with Gasteiger partial charge in [0.1, 0.15) is 10.7 Å². The Balaban J connectivity index is 2.12. The fourth-order valence-electron chi connectivity index (χ4n) is 1.88. The lowest BCUT2D eigenvalue weighted by Gasteiger charge is -2.09. The van der Waals surface area contributed by atoms with E-state index in [9.17, 15) is 0 Å². The summed E-state index contributed by atoms with van der Waals surface area (Å²) in [6.07, 6.45) is 5.15. The summed E-state index contributed by atoms with van der Waals surface area (Å²) in [4.78, 5) is 4.46. The molecule has 0 unspecified atom stereocenters. The number of rotatable bonds is 6. The predicted octanol–water partition coefficient (Wildman–Crippen LogP) is 3.85. The van der Waals surface area contributed by atoms with E-state index in [4.69, 9.17) is 22.7 Å². The number of benzene rings is 1. The van der Waals surface area contributed by atoms with Crippen LogP contribution in [-0.2, 0) is 6.42 Å². The zero-order valence-electron chi connectivity index (χ0n) is 11.5. The number of nitrogens with zero attached hydrogens (tertiary/aromatic N) is 1. The Hall–Kier alpha value is -1.94. The van der Waals surface area contributed by atoms with Crippen LogP contribution in [0.1, 0.15) is 30.9 Å². The van der Waals surface area contributed by atoms with E-state index >= 15 is 0 Å². The van der Waals surface area contributed by atoms with Crippen LogP contribution in [0.3, 0.4) is 0 Å². The highest BCUT2D eigenvalue weighted by molar-refractivity contribution is 7.80. The van der Waals surface area contributed by atoms with Gasteiger partial charge in [-0.05, 0) is 42.7 Å². The highest BCUT2D eigenvalue weighted by Gasteiger charge is 2.08. The van der Waals surface area contributed by atoms with Crippen LogP contribution in [0.15, 0.2) is 42.6 Å². The van der Waals surface area contributed by atoms with Crippen LogP contribution < -0.4 is 10.5 Å². The molecule has 1 aromatic carbocycles. The van der Waals surface area contributed by atoms with Crippen molar-refractivity contribution in [2.75, 3.05) is 0 Å². The molecule has 0 amide bonds. The molecule has 1 heterocycles. The average Bonchev–Trinajstić information content (AvgIpc) is 2.47. The van der Waals surface area contributed by atoms with Gasteiger partial charge in [0.25, 0.3) is 0 Å². The van der Waals surface area contributed by atoms with Gasteiger partial charge in [0.05, 0.1) is 5.56 Å². The molecule has 4 heteroatoms. The molecule has 0 aliphatic heterocycles. The van der Waals surface area contributed by atoms with Gasteiger partial charge in [0.2, 0.25) is 5.88 Å². The van der Waals surface area contributed by atoms with Crippen molar-refractivity contribution in [3.63, 3.8) is 0 Å². The maximum absolute atomic E-state index is 5.75. The van der Waals surface area contributed by atoms with Crippen molar-refractivity contribution >= 4 is 17.2 Å². The minimum Gasteiger partial charge on any atom is -0.438 e. The van der Waals surface area contributed by atoms with Crippen LogP contribution in [0, 0.1) is 0 Å². The first-order chi connectivity index (χ1) is 9.70. The molecular formula is C16H18N2OS. The minimum atomic E-state index is 0.285. The lowest BCUT2D eigenvalue weighted by atomic mass is 10.1. The molecule has 20 heavy (non-hydrogen) atoms. The molecule has 0 fully saturated rings. The summed E-state index contributed by atoms with van der Waals surface area (Å²) >= 11 is 4.99. The number of pyridine rings is 1. The SMILES string of the molecule is CCCCc1ccc(Oc2ncccc2C(N)=S)cc1. The standard InChI is InChI=1S/C16H18N2OS/c1-2-3-5-12-7-9-13(10-8-12)19-16-14(15(17)20)6-4-11-18-16/h4,6-11H,2-3,5H2,1H3,(H2,17,20). The van der Waals surface area contributed by atoms with Crippen LogP contribution in [0.2, 0.25) is 0 Å². The first kappa shape index (κ1) is 14.5. The third-order valence-electron chi connectivity index (χ3n) is 2.99. The number of aromatic nitrogens is 1. The predicted molar refractivity (Wildman–Crippen MR) is 85.3 cm³/mol. The summed E-state index contributed by atoms with van der Waals surface area (Å²) in [6, 6.07) is 11.6. The second-order valence-electron chi connectivity index (χ2n) is 4.57. The number of ether oxygens (including phenoxy) is 1. The molecule has 0 spiro atoms. The molecule has 0 atom stereocenters. The third kappa shape index (κ3) is 3.78. The van der Waals surface area contributed by atoms with Crippen LogP contribution in [-0.4, -0.2) is 9.97 Å². The van der Waals surface area contributed by atoms with E-state index in [1.165, 1.54) is 18.4 Å². The highest BCUT2D eigenvalue weighted by atomic mass is 32.1. The van der Waals surface area contributed by atoms with Crippen LogP contribution in [0.25, 0.3) is 0 Å². The van der Waals surface area contributed by atoms with Gasteiger partial charge in [-0.25, -0.2) is 4.98 Å². The van der Waals surface area contributed by atoms with Gasteiger partial charge in [-0.15, -0.1) is 0 Å². The van der Waals surface area contributed by atoms with Gasteiger partial charge in [-0.3, -0.25) is 0 Å². The van der Waals surface area contributed by atoms with Gasteiger partial charge in [0, 0.05) is 6.20 Å². The summed E-state index contributed by atoms with van der Waals surface area (Å²) in [5, 5.41) is 0. The Morgan fingerprint density at radius 2 is 2.00 bits per heavy atom. The fourth-order valence-corrected chi connectivity index (χ4v) is 2.03. The molecule has 1 aromatic heterocycles. The monoisotopic (exact) mass is 286 g/mol. The molecule has 104 valence electrons. The quantitative estimate of drug-likeness (QED) is 0.819. The third-order valence-corrected chi connectivity index (χ3v) is 3.21. The molecule has 0 radical (unpaired) electrons. The molecule has 2 rings (SSSR count). The molecule has 0 saturated heterocycles. The van der Waals surface area contributed by atoms with Crippen molar-refractivity contribution in [1.29, 1.82) is 0 Å². The molecule has 0 bridgehead atoms. The normalized spacial score (nSPS) is 10.2. The van der Waals surface area contributed by atoms with Crippen LogP contribution >= 0.6 is 12.2 Å². The van der Waals surface area contributed by atoms with E-state index in [1.807, 2.05) is 12.1 Å². The van der Waals surface area contributed by atoms with Crippen LogP contribution in [0.5, 0.6) is 11.6 Å². The lowest BCUT2D eigenvalue weighted by molar-refractivity contribution is 0.462. The zero-order chi connectivity index (χ0) is 14.4. The lowest BCUT2D eigenvalue weighted by Crippen LogP contribution is -2.11. The Labute approximate surface area is 124 Å². The smallest absolute Gasteiger partial charge is 0.229 e. The Morgan fingerprint density at radius 1 is 1.25 bits per heavy atom. The van der Waals surface area contributed by atoms with Gasteiger partial charge >= 0.3 is 0 Å². The Morgan fingerprint density at radius 3 is 2.65 bits per heavy atom. The van der Waals surface area contributed by atoms with E-state index in [0.717, 1.165) is 12.2 Å². The molecule has 2 aromatic rings. The van der Waals surface area contributed by atoms with E-state index < -0.39 is 0 Å². The first-order valence-corrected chi connectivity index (χ1v) is 7.13. The summed E-state index contributed by atoms with van der Waals surface area (Å²) in [6.45, 7) is 2.19. The van der Waals surface area contributed by atoms with Crippen LogP contribution in [0.4, 0.5) is 0 Å². The maximum atomic E-state index is 5.75. The van der Waals surface area contributed by atoms with Gasteiger partial charge < -0.3 is 10.5 Å². The van der Waals surface area contributed by atoms with Crippen molar-refractivity contribution in [2.45, 2.75) is 26.2 Å². The number of hydrogen-bond acceptors (Lipinski definition) is 3. The van der Waals surface area contributed by atoms with Gasteiger partial charge in [-0.2, -0.15) is 0 Å². The second kappa shape index (κ2) is 7.01. The number of nitrogens with two attached hydrogens (primary N) is 1. The highest BCUT2D eigenvalue weighted by Crippen LogP contribution is 2.23. The van der Waals surface area contributed by atoms with E-state index in [-0.39, 0.29) is 4.99 Å². The summed E-state index contributed by atoms with van der Waals surface area (Å²) in [5.74, 6) is 1.18. The first-order valence-electron chi connectivity index (χ1n) is 6.72. The summed E-state index contributed by atoms with van der Waals surface area (Å²) in [7, 11) is 0. The van der Waals surface area contributed by atoms with Gasteiger partial charge in [0.15, 0.2) is 0 Å². The van der Waals surface area contributed by atoms with E-state index in [2.05, 4.69) is 24.0 Å². The number of unbranched alkanes of at least 4 members (excludes halogenated alkanes) is 1. The molecule has 3 nitrogen and oxygen atoms in total. The molecular weight excluding hydrogens is 268 g/mol. The molecule has 0 saturated carbocycles. The van der Waals surface area contributed by atoms with Gasteiger partial charge in [-0.1, -0.05) is 37.7 Å². The molecule has 2 N–H and O–H groups in total. The summed E-state index contributed by atoms with van der Waals surface area (Å²) in [5.41, 5.74) is 7.62. The van der Waals surface area contributed by atoms with E-state index in [1.54, 1.807) is 18.3 Å². The zero-order valence-corrected chi connectivity index (χ0v) is 12.3. The maximum Gasteiger partial charge on any atom is 0.229 e. The topological polar surface area (TPSA) is 48.1 Å². The largest absolute Gasteiger partial charge is 0.438 e. The fraction of sp³-hybridized carbons (Fsp3) is 0.250. The van der Waals surface area contributed by atoms with Crippen molar-refractivity contribution < 1.29 is 4.74 Å². The van der Waals surface area contributed by atoms with Crippen molar-refractivity contribution in [3.05, 3.63) is 53.7 Å². The van der Waals surface area contributed by atoms with Crippen molar-refractivity contribution in [3.8, 4) is 11.6 Å². The van der Waals surface area contributed by atoms with E-state index in [0.29, 0.717) is 11.4 Å². The minimum absolute atomic E-state index is 0.285. The molecule has 0 aliphatic rings. The number of hydrogen-bond donors (Lipinski definition) is 1. The van der Waals surface area contributed by atoms with Crippen molar-refractivity contribution in [1.82, 2.24) is 4.98 Å². The average molecular weight is 286 g/mol. The number of aryl methyl sites for hydroxylation is 1. The Bertz CT molecular complexity index is 581. The summed E-state index contributed by atoms with van der Waals surface area (Å²) < 4.78 is 5.75. The second-order valence-corrected chi connectivity index (χ2v) is 5.01. The number of thiocarbonyl (C=S) groups is 1. The Kier molecular flexibility index (Phi) is 5.07. The molecule has 0 aliphatic carbocycles.